The lowest BCUT2D eigenvalue weighted by Crippen LogP contribution is -2.36. The van der Waals surface area contributed by atoms with Crippen molar-refractivity contribution in [3.8, 4) is 0 Å². The molecule has 1 aliphatic heterocycles. The van der Waals surface area contributed by atoms with Crippen LogP contribution in [0, 0.1) is 20.8 Å². The van der Waals surface area contributed by atoms with Crippen molar-refractivity contribution in [2.45, 2.75) is 20.8 Å². The molecular formula is C23H27N5O. The number of rotatable bonds is 5. The van der Waals surface area contributed by atoms with Crippen LogP contribution in [0.3, 0.4) is 0 Å². The van der Waals surface area contributed by atoms with Gasteiger partial charge in [0, 0.05) is 30.5 Å². The van der Waals surface area contributed by atoms with Crippen molar-refractivity contribution in [2.75, 3.05) is 41.8 Å². The third-order valence-electron chi connectivity index (χ3n) is 5.00. The van der Waals surface area contributed by atoms with Gasteiger partial charge in [0.15, 0.2) is 0 Å². The Morgan fingerprint density at radius 3 is 2.45 bits per heavy atom. The highest BCUT2D eigenvalue weighted by Gasteiger charge is 2.15. The summed E-state index contributed by atoms with van der Waals surface area (Å²) in [6.45, 7) is 9.44. The zero-order valence-corrected chi connectivity index (χ0v) is 17.2. The highest BCUT2D eigenvalue weighted by Crippen LogP contribution is 2.29. The number of ether oxygens (including phenoxy) is 1. The van der Waals surface area contributed by atoms with E-state index in [1.807, 2.05) is 19.1 Å². The van der Waals surface area contributed by atoms with E-state index in [9.17, 15) is 0 Å². The van der Waals surface area contributed by atoms with Gasteiger partial charge in [0.2, 0.25) is 5.95 Å². The number of aromatic nitrogens is 2. The maximum atomic E-state index is 5.49. The first-order valence-corrected chi connectivity index (χ1v) is 9.97. The van der Waals surface area contributed by atoms with Crippen LogP contribution in [0.1, 0.15) is 16.8 Å². The van der Waals surface area contributed by atoms with Crippen LogP contribution >= 0.6 is 0 Å². The Hall–Kier alpha value is -3.12. The molecule has 0 spiro atoms. The molecule has 0 unspecified atom stereocenters. The summed E-state index contributed by atoms with van der Waals surface area (Å²) in [7, 11) is 0. The Kier molecular flexibility index (Phi) is 5.62. The van der Waals surface area contributed by atoms with Crippen molar-refractivity contribution in [3.05, 3.63) is 65.4 Å². The van der Waals surface area contributed by atoms with E-state index in [-0.39, 0.29) is 0 Å². The first-order valence-electron chi connectivity index (χ1n) is 9.97. The molecule has 3 aromatic rings. The number of morpholine rings is 1. The van der Waals surface area contributed by atoms with Crippen LogP contribution in [0.25, 0.3) is 0 Å². The number of aryl methyl sites for hydroxylation is 3. The van der Waals surface area contributed by atoms with Gasteiger partial charge in [-0.05, 0) is 44.5 Å². The van der Waals surface area contributed by atoms with Gasteiger partial charge in [-0.25, -0.2) is 4.98 Å². The Morgan fingerprint density at radius 2 is 1.66 bits per heavy atom. The van der Waals surface area contributed by atoms with Crippen molar-refractivity contribution in [2.24, 2.45) is 0 Å². The summed E-state index contributed by atoms with van der Waals surface area (Å²) in [4.78, 5) is 11.6. The lowest BCUT2D eigenvalue weighted by atomic mass is 10.1. The van der Waals surface area contributed by atoms with Crippen molar-refractivity contribution >= 4 is 28.8 Å². The van der Waals surface area contributed by atoms with E-state index >= 15 is 0 Å². The second-order valence-corrected chi connectivity index (χ2v) is 7.40. The Balaban J connectivity index is 1.59. The van der Waals surface area contributed by atoms with E-state index in [4.69, 9.17) is 9.72 Å². The molecule has 0 radical (unpaired) electrons. The summed E-state index contributed by atoms with van der Waals surface area (Å²) in [5, 5.41) is 6.84. The molecule has 0 saturated carbocycles. The van der Waals surface area contributed by atoms with E-state index < -0.39 is 0 Å². The van der Waals surface area contributed by atoms with Gasteiger partial charge in [-0.15, -0.1) is 0 Å². The van der Waals surface area contributed by atoms with Gasteiger partial charge < -0.3 is 20.3 Å². The van der Waals surface area contributed by atoms with E-state index in [1.54, 1.807) is 0 Å². The third-order valence-corrected chi connectivity index (χ3v) is 5.00. The van der Waals surface area contributed by atoms with Gasteiger partial charge in [0.1, 0.15) is 5.82 Å². The molecule has 4 rings (SSSR count). The lowest BCUT2D eigenvalue weighted by molar-refractivity contribution is 0.123. The summed E-state index contributed by atoms with van der Waals surface area (Å²) < 4.78 is 5.49. The van der Waals surface area contributed by atoms with Crippen LogP contribution in [0.2, 0.25) is 0 Å². The summed E-state index contributed by atoms with van der Waals surface area (Å²) in [6, 6.07) is 16.6. The minimum atomic E-state index is 0.581. The molecule has 2 N–H and O–H groups in total. The first kappa shape index (κ1) is 19.2. The number of para-hydroxylation sites is 2. The van der Waals surface area contributed by atoms with E-state index in [0.29, 0.717) is 5.95 Å². The number of nitrogens with zero attached hydrogens (tertiary/aromatic N) is 3. The molecule has 0 amide bonds. The van der Waals surface area contributed by atoms with Crippen molar-refractivity contribution in [3.63, 3.8) is 0 Å². The second-order valence-electron chi connectivity index (χ2n) is 7.40. The molecule has 0 bridgehead atoms. The van der Waals surface area contributed by atoms with Crippen LogP contribution in [0.5, 0.6) is 0 Å². The van der Waals surface area contributed by atoms with Crippen LogP contribution in [0.15, 0.2) is 48.5 Å². The van der Waals surface area contributed by atoms with Gasteiger partial charge in [-0.1, -0.05) is 29.8 Å². The van der Waals surface area contributed by atoms with Gasteiger partial charge in [-0.3, -0.25) is 0 Å². The molecule has 1 aliphatic rings. The Labute approximate surface area is 172 Å². The average molecular weight is 390 g/mol. The molecule has 6 nitrogen and oxygen atoms in total. The number of hydrogen-bond acceptors (Lipinski definition) is 6. The zero-order valence-electron chi connectivity index (χ0n) is 17.2. The largest absolute Gasteiger partial charge is 0.378 e. The standard InChI is InChI=1S/C23H27N5O/c1-16-8-9-19(17(2)14-16)25-22-15-18(3)24-23(27-22)26-20-6-4-5-7-21(20)28-10-12-29-13-11-28/h4-9,14-15H,10-13H2,1-3H3,(H2,24,25,26,27). The summed E-state index contributed by atoms with van der Waals surface area (Å²) in [6.07, 6.45) is 0. The third kappa shape index (κ3) is 4.66. The fourth-order valence-electron chi connectivity index (χ4n) is 3.56. The monoisotopic (exact) mass is 389 g/mol. The number of benzene rings is 2. The highest BCUT2D eigenvalue weighted by molar-refractivity contribution is 5.74. The fourth-order valence-corrected chi connectivity index (χ4v) is 3.56. The molecular weight excluding hydrogens is 362 g/mol. The summed E-state index contributed by atoms with van der Waals surface area (Å²) in [5.41, 5.74) is 6.52. The molecule has 2 aromatic carbocycles. The molecule has 2 heterocycles. The minimum Gasteiger partial charge on any atom is -0.378 e. The molecule has 1 fully saturated rings. The molecule has 29 heavy (non-hydrogen) atoms. The molecule has 0 atom stereocenters. The van der Waals surface area contributed by atoms with Gasteiger partial charge in [-0.2, -0.15) is 4.98 Å². The Bertz CT molecular complexity index is 998. The molecule has 1 aromatic heterocycles. The summed E-state index contributed by atoms with van der Waals surface area (Å²) in [5.74, 6) is 1.36. The predicted molar refractivity (Wildman–Crippen MR) is 119 cm³/mol. The van der Waals surface area contributed by atoms with Crippen molar-refractivity contribution in [1.29, 1.82) is 0 Å². The Morgan fingerprint density at radius 1 is 0.862 bits per heavy atom. The highest BCUT2D eigenvalue weighted by atomic mass is 16.5. The number of hydrogen-bond donors (Lipinski definition) is 2. The second kappa shape index (κ2) is 8.49. The quantitative estimate of drug-likeness (QED) is 0.658. The van der Waals surface area contributed by atoms with Crippen LogP contribution in [0.4, 0.5) is 28.8 Å². The molecule has 150 valence electrons. The van der Waals surface area contributed by atoms with Crippen LogP contribution in [-0.2, 0) is 4.74 Å². The van der Waals surface area contributed by atoms with Gasteiger partial charge >= 0.3 is 0 Å². The van der Waals surface area contributed by atoms with E-state index in [0.717, 1.165) is 54.9 Å². The van der Waals surface area contributed by atoms with Crippen molar-refractivity contribution < 1.29 is 4.74 Å². The number of anilines is 5. The average Bonchev–Trinajstić information content (AvgIpc) is 2.71. The number of nitrogens with one attached hydrogen (secondary N) is 2. The van der Waals surface area contributed by atoms with E-state index in [2.05, 4.69) is 70.8 Å². The topological polar surface area (TPSA) is 62.3 Å². The summed E-state index contributed by atoms with van der Waals surface area (Å²) >= 11 is 0. The molecule has 1 saturated heterocycles. The normalized spacial score (nSPS) is 14.0. The first-order chi connectivity index (χ1) is 14.1. The van der Waals surface area contributed by atoms with E-state index in [1.165, 1.54) is 11.1 Å². The lowest BCUT2D eigenvalue weighted by Gasteiger charge is -2.30. The van der Waals surface area contributed by atoms with Crippen molar-refractivity contribution in [1.82, 2.24) is 9.97 Å². The van der Waals surface area contributed by atoms with Crippen LogP contribution in [-0.4, -0.2) is 36.3 Å². The van der Waals surface area contributed by atoms with Crippen LogP contribution < -0.4 is 15.5 Å². The maximum Gasteiger partial charge on any atom is 0.229 e. The smallest absolute Gasteiger partial charge is 0.229 e. The predicted octanol–water partition coefficient (Wildman–Crippen LogP) is 4.73. The fraction of sp³-hybridized carbons (Fsp3) is 0.304. The SMILES string of the molecule is Cc1ccc(Nc2cc(C)nc(Nc3ccccc3N3CCOCC3)n2)c(C)c1. The maximum absolute atomic E-state index is 5.49. The molecule has 0 aliphatic carbocycles. The van der Waals surface area contributed by atoms with Gasteiger partial charge in [0.25, 0.3) is 0 Å². The molecule has 6 heteroatoms. The zero-order chi connectivity index (χ0) is 20.2. The van der Waals surface area contributed by atoms with Gasteiger partial charge in [0.05, 0.1) is 24.6 Å². The minimum absolute atomic E-state index is 0.581.